The lowest BCUT2D eigenvalue weighted by atomic mass is 9.88. The summed E-state index contributed by atoms with van der Waals surface area (Å²) in [7, 11) is 0. The van der Waals surface area contributed by atoms with Gasteiger partial charge >= 0.3 is 0 Å². The molecule has 110 valence electrons. The van der Waals surface area contributed by atoms with Gasteiger partial charge in [-0.2, -0.15) is 0 Å². The number of hydrogen-bond donors (Lipinski definition) is 1. The monoisotopic (exact) mass is 279 g/mol. The third-order valence-electron chi connectivity index (χ3n) is 4.74. The van der Waals surface area contributed by atoms with Crippen LogP contribution >= 0.6 is 0 Å². The number of hydrogen-bond acceptors (Lipinski definition) is 1. The van der Waals surface area contributed by atoms with E-state index in [9.17, 15) is 0 Å². The minimum absolute atomic E-state index is 0.535. The van der Waals surface area contributed by atoms with Gasteiger partial charge in [-0.05, 0) is 72.4 Å². The van der Waals surface area contributed by atoms with Crippen LogP contribution in [0.15, 0.2) is 42.5 Å². The van der Waals surface area contributed by atoms with E-state index in [-0.39, 0.29) is 0 Å². The summed E-state index contributed by atoms with van der Waals surface area (Å²) in [6.07, 6.45) is 6.23. The van der Waals surface area contributed by atoms with Crippen molar-refractivity contribution in [3.63, 3.8) is 0 Å². The number of fused-ring (bicyclic) bond motifs is 1. The van der Waals surface area contributed by atoms with Crippen molar-refractivity contribution < 1.29 is 0 Å². The SMILES string of the molecule is CC(CCN)c1cccc(-c2ccc3c(c2)CCCC3)c1. The third-order valence-corrected chi connectivity index (χ3v) is 4.74. The molecular weight excluding hydrogens is 254 g/mol. The summed E-state index contributed by atoms with van der Waals surface area (Å²) in [4.78, 5) is 0. The highest BCUT2D eigenvalue weighted by molar-refractivity contribution is 5.66. The van der Waals surface area contributed by atoms with E-state index in [1.165, 1.54) is 42.4 Å². The van der Waals surface area contributed by atoms with Crippen LogP contribution in [0.1, 0.15) is 48.8 Å². The molecule has 21 heavy (non-hydrogen) atoms. The normalized spacial score (nSPS) is 15.5. The van der Waals surface area contributed by atoms with Crippen molar-refractivity contribution in [1.82, 2.24) is 0 Å². The first-order valence-electron chi connectivity index (χ1n) is 8.20. The molecule has 0 aromatic heterocycles. The molecule has 0 spiro atoms. The van der Waals surface area contributed by atoms with Gasteiger partial charge in [-0.25, -0.2) is 0 Å². The standard InChI is InChI=1S/C20H25N/c1-15(11-12-21)17-7-4-8-19(13-17)20-10-9-16-5-2-3-6-18(16)14-20/h4,7-10,13-15H,2-3,5-6,11-12,21H2,1H3. The van der Waals surface area contributed by atoms with E-state index in [0.717, 1.165) is 13.0 Å². The van der Waals surface area contributed by atoms with E-state index in [4.69, 9.17) is 5.73 Å². The molecule has 2 aromatic rings. The van der Waals surface area contributed by atoms with Gasteiger partial charge in [-0.3, -0.25) is 0 Å². The highest BCUT2D eigenvalue weighted by atomic mass is 14.5. The molecule has 3 rings (SSSR count). The molecule has 0 amide bonds. The minimum atomic E-state index is 0.535. The van der Waals surface area contributed by atoms with Crippen LogP contribution in [0.25, 0.3) is 11.1 Å². The second kappa shape index (κ2) is 6.44. The van der Waals surface area contributed by atoms with Crippen molar-refractivity contribution in [2.75, 3.05) is 6.54 Å². The molecular formula is C20H25N. The van der Waals surface area contributed by atoms with Gasteiger partial charge in [0.05, 0.1) is 0 Å². The Morgan fingerprint density at radius 3 is 2.52 bits per heavy atom. The molecule has 1 atom stereocenters. The number of nitrogens with two attached hydrogens (primary N) is 1. The fraction of sp³-hybridized carbons (Fsp3) is 0.400. The minimum Gasteiger partial charge on any atom is -0.330 e. The maximum Gasteiger partial charge on any atom is -0.00715 e. The van der Waals surface area contributed by atoms with Crippen LogP contribution in [0.4, 0.5) is 0 Å². The first-order valence-corrected chi connectivity index (χ1v) is 8.20. The quantitative estimate of drug-likeness (QED) is 0.863. The summed E-state index contributed by atoms with van der Waals surface area (Å²) in [5, 5.41) is 0. The van der Waals surface area contributed by atoms with Crippen LogP contribution in [0, 0.1) is 0 Å². The maximum atomic E-state index is 5.69. The Kier molecular flexibility index (Phi) is 4.40. The molecule has 0 fully saturated rings. The predicted molar refractivity (Wildman–Crippen MR) is 90.6 cm³/mol. The van der Waals surface area contributed by atoms with Crippen LogP contribution < -0.4 is 5.73 Å². The molecule has 1 heteroatoms. The van der Waals surface area contributed by atoms with Gasteiger partial charge in [-0.15, -0.1) is 0 Å². The fourth-order valence-electron chi connectivity index (χ4n) is 3.35. The molecule has 1 aliphatic rings. The van der Waals surface area contributed by atoms with Gasteiger partial charge in [0.1, 0.15) is 0 Å². The Hall–Kier alpha value is -1.60. The van der Waals surface area contributed by atoms with Crippen molar-refractivity contribution in [3.8, 4) is 11.1 Å². The van der Waals surface area contributed by atoms with Gasteiger partial charge in [0.25, 0.3) is 0 Å². The summed E-state index contributed by atoms with van der Waals surface area (Å²) in [5.74, 6) is 0.535. The van der Waals surface area contributed by atoms with E-state index < -0.39 is 0 Å². The second-order valence-electron chi connectivity index (χ2n) is 6.29. The third kappa shape index (κ3) is 3.19. The van der Waals surface area contributed by atoms with Crippen LogP contribution in [0.5, 0.6) is 0 Å². The molecule has 2 aromatic carbocycles. The zero-order valence-electron chi connectivity index (χ0n) is 12.9. The van der Waals surface area contributed by atoms with Crippen molar-refractivity contribution in [3.05, 3.63) is 59.2 Å². The number of rotatable bonds is 4. The molecule has 0 saturated heterocycles. The molecule has 0 bridgehead atoms. The Morgan fingerprint density at radius 2 is 1.71 bits per heavy atom. The lowest BCUT2D eigenvalue weighted by molar-refractivity contribution is 0.686. The molecule has 0 aliphatic heterocycles. The summed E-state index contributed by atoms with van der Waals surface area (Å²) in [6.45, 7) is 3.02. The van der Waals surface area contributed by atoms with E-state index in [1.54, 1.807) is 11.1 Å². The van der Waals surface area contributed by atoms with Crippen molar-refractivity contribution in [2.45, 2.75) is 44.9 Å². The highest BCUT2D eigenvalue weighted by Gasteiger charge is 2.11. The van der Waals surface area contributed by atoms with Crippen molar-refractivity contribution >= 4 is 0 Å². The van der Waals surface area contributed by atoms with Crippen molar-refractivity contribution in [1.29, 1.82) is 0 Å². The molecule has 1 unspecified atom stereocenters. The van der Waals surface area contributed by atoms with Gasteiger partial charge in [0.2, 0.25) is 0 Å². The topological polar surface area (TPSA) is 26.0 Å². The summed E-state index contributed by atoms with van der Waals surface area (Å²) < 4.78 is 0. The molecule has 0 radical (unpaired) electrons. The van der Waals surface area contributed by atoms with E-state index in [0.29, 0.717) is 5.92 Å². The van der Waals surface area contributed by atoms with Crippen LogP contribution in [0.2, 0.25) is 0 Å². The zero-order valence-corrected chi connectivity index (χ0v) is 12.9. The summed E-state index contributed by atoms with van der Waals surface area (Å²) in [5.41, 5.74) is 12.9. The number of benzene rings is 2. The molecule has 1 nitrogen and oxygen atoms in total. The van der Waals surface area contributed by atoms with Crippen LogP contribution in [-0.4, -0.2) is 6.54 Å². The van der Waals surface area contributed by atoms with E-state index in [2.05, 4.69) is 49.4 Å². The number of aryl methyl sites for hydroxylation is 2. The molecule has 0 saturated carbocycles. The summed E-state index contributed by atoms with van der Waals surface area (Å²) in [6, 6.07) is 16.0. The lowest BCUT2D eigenvalue weighted by Crippen LogP contribution is -2.04. The molecule has 2 N–H and O–H groups in total. The Bertz CT molecular complexity index is 615. The smallest absolute Gasteiger partial charge is 0.00715 e. The average Bonchev–Trinajstić information content (AvgIpc) is 2.55. The first-order chi connectivity index (χ1) is 10.3. The Morgan fingerprint density at radius 1 is 0.952 bits per heavy atom. The zero-order chi connectivity index (χ0) is 14.7. The Labute approximate surface area is 128 Å². The van der Waals surface area contributed by atoms with Gasteiger partial charge in [-0.1, -0.05) is 49.4 Å². The van der Waals surface area contributed by atoms with Crippen molar-refractivity contribution in [2.24, 2.45) is 5.73 Å². The van der Waals surface area contributed by atoms with E-state index >= 15 is 0 Å². The Balaban J connectivity index is 1.91. The molecule has 0 heterocycles. The largest absolute Gasteiger partial charge is 0.330 e. The fourth-order valence-corrected chi connectivity index (χ4v) is 3.35. The van der Waals surface area contributed by atoms with Crippen LogP contribution in [0.3, 0.4) is 0 Å². The maximum absolute atomic E-state index is 5.69. The van der Waals surface area contributed by atoms with Gasteiger partial charge in [0, 0.05) is 0 Å². The highest BCUT2D eigenvalue weighted by Crippen LogP contribution is 2.29. The first kappa shape index (κ1) is 14.3. The lowest BCUT2D eigenvalue weighted by Gasteiger charge is -2.17. The average molecular weight is 279 g/mol. The van der Waals surface area contributed by atoms with Gasteiger partial charge < -0.3 is 5.73 Å². The van der Waals surface area contributed by atoms with Gasteiger partial charge in [0.15, 0.2) is 0 Å². The predicted octanol–water partition coefficient (Wildman–Crippen LogP) is 4.68. The van der Waals surface area contributed by atoms with Crippen LogP contribution in [-0.2, 0) is 12.8 Å². The molecule has 1 aliphatic carbocycles. The summed E-state index contributed by atoms with van der Waals surface area (Å²) >= 11 is 0. The second-order valence-corrected chi connectivity index (χ2v) is 6.29. The van der Waals surface area contributed by atoms with E-state index in [1.807, 2.05) is 0 Å².